The van der Waals surface area contributed by atoms with E-state index < -0.39 is 0 Å². The molecule has 0 aromatic carbocycles. The summed E-state index contributed by atoms with van der Waals surface area (Å²) >= 11 is 3.90. The number of thiol groups is 1. The smallest absolute Gasteiger partial charge is 0.217 e. The average molecular weight is 149 g/mol. The van der Waals surface area contributed by atoms with Gasteiger partial charge < -0.3 is 10.4 Å². The molecule has 0 saturated heterocycles. The summed E-state index contributed by atoms with van der Waals surface area (Å²) in [6, 6.07) is -0.203. The Labute approximate surface area is 59.9 Å². The van der Waals surface area contributed by atoms with Gasteiger partial charge in [-0.15, -0.1) is 0 Å². The summed E-state index contributed by atoms with van der Waals surface area (Å²) in [6.45, 7) is 1.36. The molecule has 1 atom stereocenters. The molecule has 0 aliphatic heterocycles. The lowest BCUT2D eigenvalue weighted by Crippen LogP contribution is -2.37. The Morgan fingerprint density at radius 3 is 2.56 bits per heavy atom. The SMILES string of the molecule is CC(=O)N[C@H](CO)CS. The molecule has 0 fully saturated rings. The van der Waals surface area contributed by atoms with E-state index in [1.807, 2.05) is 0 Å². The highest BCUT2D eigenvalue weighted by Gasteiger charge is 2.03. The monoisotopic (exact) mass is 149 g/mol. The van der Waals surface area contributed by atoms with Gasteiger partial charge in [0.25, 0.3) is 0 Å². The van der Waals surface area contributed by atoms with Crippen LogP contribution in [-0.2, 0) is 4.79 Å². The van der Waals surface area contributed by atoms with Crippen molar-refractivity contribution >= 4 is 18.5 Å². The first-order valence-corrected chi connectivity index (χ1v) is 3.32. The highest BCUT2D eigenvalue weighted by molar-refractivity contribution is 7.80. The van der Waals surface area contributed by atoms with Gasteiger partial charge in [-0.2, -0.15) is 12.6 Å². The van der Waals surface area contributed by atoms with E-state index in [1.54, 1.807) is 0 Å². The van der Waals surface area contributed by atoms with Crippen molar-refractivity contribution in [2.45, 2.75) is 13.0 Å². The van der Waals surface area contributed by atoms with E-state index in [0.717, 1.165) is 0 Å². The summed E-state index contributed by atoms with van der Waals surface area (Å²) in [4.78, 5) is 10.3. The third kappa shape index (κ3) is 4.29. The first kappa shape index (κ1) is 8.78. The Morgan fingerprint density at radius 1 is 1.89 bits per heavy atom. The summed E-state index contributed by atoms with van der Waals surface area (Å²) < 4.78 is 0. The second-order valence-corrected chi connectivity index (χ2v) is 2.13. The maximum Gasteiger partial charge on any atom is 0.217 e. The highest BCUT2D eigenvalue weighted by Crippen LogP contribution is 1.84. The third-order valence-corrected chi connectivity index (χ3v) is 1.29. The summed E-state index contributed by atoms with van der Waals surface area (Å²) in [7, 11) is 0. The van der Waals surface area contributed by atoms with Crippen LogP contribution in [-0.4, -0.2) is 29.4 Å². The Balaban J connectivity index is 3.43. The van der Waals surface area contributed by atoms with E-state index in [4.69, 9.17) is 5.11 Å². The number of hydrogen-bond donors (Lipinski definition) is 3. The molecule has 0 spiro atoms. The molecule has 0 aliphatic rings. The maximum atomic E-state index is 10.3. The molecule has 0 bridgehead atoms. The molecule has 0 aromatic heterocycles. The number of rotatable bonds is 3. The molecule has 54 valence electrons. The topological polar surface area (TPSA) is 49.3 Å². The van der Waals surface area contributed by atoms with Gasteiger partial charge in [-0.1, -0.05) is 0 Å². The highest BCUT2D eigenvalue weighted by atomic mass is 32.1. The second kappa shape index (κ2) is 4.64. The van der Waals surface area contributed by atoms with Crippen molar-refractivity contribution in [1.82, 2.24) is 5.32 Å². The zero-order valence-corrected chi connectivity index (χ0v) is 6.19. The van der Waals surface area contributed by atoms with Crippen LogP contribution in [0.1, 0.15) is 6.92 Å². The number of aliphatic hydroxyl groups is 1. The van der Waals surface area contributed by atoms with Crippen molar-refractivity contribution in [3.05, 3.63) is 0 Å². The summed E-state index contributed by atoms with van der Waals surface area (Å²) in [6.07, 6.45) is 0. The summed E-state index contributed by atoms with van der Waals surface area (Å²) in [5.41, 5.74) is 0. The zero-order valence-electron chi connectivity index (χ0n) is 5.29. The van der Waals surface area contributed by atoms with Crippen molar-refractivity contribution in [2.75, 3.05) is 12.4 Å². The number of aliphatic hydroxyl groups excluding tert-OH is 1. The minimum absolute atomic E-state index is 0.0525. The van der Waals surface area contributed by atoms with Crippen molar-refractivity contribution in [2.24, 2.45) is 0 Å². The van der Waals surface area contributed by atoms with E-state index in [9.17, 15) is 4.79 Å². The number of carbonyl (C=O) groups excluding carboxylic acids is 1. The Morgan fingerprint density at radius 2 is 2.44 bits per heavy atom. The molecule has 2 N–H and O–H groups in total. The largest absolute Gasteiger partial charge is 0.394 e. The molecule has 0 aromatic rings. The Bertz CT molecular complexity index is 93.0. The van der Waals surface area contributed by atoms with Crippen LogP contribution >= 0.6 is 12.6 Å². The molecule has 9 heavy (non-hydrogen) atoms. The zero-order chi connectivity index (χ0) is 7.28. The minimum atomic E-state index is -0.203. The molecule has 0 rings (SSSR count). The quantitative estimate of drug-likeness (QED) is 0.470. The van der Waals surface area contributed by atoms with E-state index in [1.165, 1.54) is 6.92 Å². The first-order valence-electron chi connectivity index (χ1n) is 2.69. The number of amides is 1. The van der Waals surface area contributed by atoms with Gasteiger partial charge in [0, 0.05) is 12.7 Å². The van der Waals surface area contributed by atoms with Gasteiger partial charge in [0.05, 0.1) is 12.6 Å². The molecule has 3 nitrogen and oxygen atoms in total. The van der Waals surface area contributed by atoms with E-state index in [0.29, 0.717) is 5.75 Å². The third-order valence-electron chi connectivity index (χ3n) is 0.848. The first-order chi connectivity index (χ1) is 4.20. The lowest BCUT2D eigenvalue weighted by molar-refractivity contribution is -0.119. The van der Waals surface area contributed by atoms with Crippen molar-refractivity contribution < 1.29 is 9.90 Å². The lowest BCUT2D eigenvalue weighted by Gasteiger charge is -2.10. The van der Waals surface area contributed by atoms with Crippen molar-refractivity contribution in [3.63, 3.8) is 0 Å². The fourth-order valence-corrected chi connectivity index (χ4v) is 0.643. The van der Waals surface area contributed by atoms with Crippen LogP contribution in [0.25, 0.3) is 0 Å². The van der Waals surface area contributed by atoms with Gasteiger partial charge in [0.2, 0.25) is 5.91 Å². The van der Waals surface area contributed by atoms with Crippen LogP contribution in [0.5, 0.6) is 0 Å². The fourth-order valence-electron chi connectivity index (χ4n) is 0.436. The van der Waals surface area contributed by atoms with Gasteiger partial charge in [-0.05, 0) is 0 Å². The van der Waals surface area contributed by atoms with E-state index >= 15 is 0 Å². The molecule has 4 heteroatoms. The summed E-state index contributed by atoms with van der Waals surface area (Å²) in [5.74, 6) is 0.332. The van der Waals surface area contributed by atoms with Crippen molar-refractivity contribution in [1.29, 1.82) is 0 Å². The molecular formula is C5H11NO2S. The number of hydrogen-bond acceptors (Lipinski definition) is 3. The molecule has 0 heterocycles. The van der Waals surface area contributed by atoms with Gasteiger partial charge in [0.15, 0.2) is 0 Å². The molecule has 0 saturated carbocycles. The van der Waals surface area contributed by atoms with Crippen LogP contribution < -0.4 is 5.32 Å². The standard InChI is InChI=1S/C5H11NO2S/c1-4(8)6-5(2-7)3-9/h5,7,9H,2-3H2,1H3,(H,6,8)/t5-/m1/s1. The van der Waals surface area contributed by atoms with Crippen LogP contribution in [0, 0.1) is 0 Å². The Kier molecular flexibility index (Phi) is 4.53. The van der Waals surface area contributed by atoms with Gasteiger partial charge in [-0.25, -0.2) is 0 Å². The Hall–Kier alpha value is -0.220. The van der Waals surface area contributed by atoms with Crippen LogP contribution in [0.4, 0.5) is 0 Å². The second-order valence-electron chi connectivity index (χ2n) is 1.76. The van der Waals surface area contributed by atoms with E-state index in [2.05, 4.69) is 17.9 Å². The predicted molar refractivity (Wildman–Crippen MR) is 38.5 cm³/mol. The average Bonchev–Trinajstić information content (AvgIpc) is 1.82. The fraction of sp³-hybridized carbons (Fsp3) is 0.800. The number of nitrogens with one attached hydrogen (secondary N) is 1. The van der Waals surface area contributed by atoms with E-state index in [-0.39, 0.29) is 18.6 Å². The summed E-state index contributed by atoms with van der Waals surface area (Å²) in [5, 5.41) is 11.0. The van der Waals surface area contributed by atoms with Gasteiger partial charge in [-0.3, -0.25) is 4.79 Å². The molecule has 0 radical (unpaired) electrons. The van der Waals surface area contributed by atoms with Crippen LogP contribution in [0.3, 0.4) is 0 Å². The van der Waals surface area contributed by atoms with Crippen molar-refractivity contribution in [3.8, 4) is 0 Å². The van der Waals surface area contributed by atoms with Crippen LogP contribution in [0.2, 0.25) is 0 Å². The van der Waals surface area contributed by atoms with Gasteiger partial charge in [0.1, 0.15) is 0 Å². The van der Waals surface area contributed by atoms with Gasteiger partial charge >= 0.3 is 0 Å². The molecule has 0 unspecified atom stereocenters. The molecule has 0 aliphatic carbocycles. The lowest BCUT2D eigenvalue weighted by atomic mass is 10.3. The number of carbonyl (C=O) groups is 1. The normalized spacial score (nSPS) is 12.8. The molecule has 1 amide bonds. The van der Waals surface area contributed by atoms with Crippen LogP contribution in [0.15, 0.2) is 0 Å². The minimum Gasteiger partial charge on any atom is -0.394 e. The maximum absolute atomic E-state index is 10.3. The predicted octanol–water partition coefficient (Wildman–Crippen LogP) is -0.587. The molecular weight excluding hydrogens is 138 g/mol.